The predicted octanol–water partition coefficient (Wildman–Crippen LogP) is -1.80. The van der Waals surface area contributed by atoms with Crippen molar-refractivity contribution in [3.8, 4) is 5.88 Å². The fourth-order valence-corrected chi connectivity index (χ4v) is 3.60. The first-order valence-corrected chi connectivity index (χ1v) is 8.84. The van der Waals surface area contributed by atoms with Crippen LogP contribution < -0.4 is 15.3 Å². The average molecular weight is 388 g/mol. The van der Waals surface area contributed by atoms with Gasteiger partial charge in [-0.15, -0.1) is 0 Å². The number of aliphatic hydroxyl groups is 4. The number of unbranched alkanes of at least 4 members (excludes halogenated alkanes) is 1. The molecule has 4 atom stereocenters. The van der Waals surface area contributed by atoms with Gasteiger partial charge < -0.3 is 35.6 Å². The molecule has 1 aliphatic heterocycles. The monoisotopic (exact) mass is 388 g/mol. The number of hydrogen-bond donors (Lipinski definition) is 5. The standard InChI is InChI=1S/C14H20N4O7S/c15-13-16-10-9(11(17-13)24-4-2-1-3-19)26-14(23)18(10)12-8(22)7(21)6(5-20)25-12/h6-8,12,19-22H,1-5H2,(H2,15,16,17)/t6-,7-,8-,12-/m1/s1. The highest BCUT2D eigenvalue weighted by molar-refractivity contribution is 7.16. The number of fused-ring (bicyclic) bond motifs is 1. The normalized spacial score (nSPS) is 25.8. The summed E-state index contributed by atoms with van der Waals surface area (Å²) in [7, 11) is 0. The largest absolute Gasteiger partial charge is 0.476 e. The van der Waals surface area contributed by atoms with Crippen molar-refractivity contribution in [2.45, 2.75) is 37.4 Å². The molecule has 0 amide bonds. The molecule has 1 saturated heterocycles. The van der Waals surface area contributed by atoms with Gasteiger partial charge in [-0.1, -0.05) is 11.3 Å². The second-order valence-corrected chi connectivity index (χ2v) is 6.75. The molecule has 0 saturated carbocycles. The minimum Gasteiger partial charge on any atom is -0.476 e. The Balaban J connectivity index is 1.98. The molecule has 0 unspecified atom stereocenters. The van der Waals surface area contributed by atoms with Crippen LogP contribution in [0.3, 0.4) is 0 Å². The van der Waals surface area contributed by atoms with E-state index < -0.39 is 36.0 Å². The van der Waals surface area contributed by atoms with Crippen LogP contribution in [-0.2, 0) is 4.74 Å². The van der Waals surface area contributed by atoms with Crippen LogP contribution in [0.25, 0.3) is 10.3 Å². The van der Waals surface area contributed by atoms with E-state index in [1.807, 2.05) is 0 Å². The van der Waals surface area contributed by atoms with E-state index in [2.05, 4.69) is 9.97 Å². The molecular formula is C14H20N4O7S. The molecule has 6 N–H and O–H groups in total. The van der Waals surface area contributed by atoms with E-state index in [1.54, 1.807) is 0 Å². The average Bonchev–Trinajstić information content (AvgIpc) is 3.08. The van der Waals surface area contributed by atoms with Crippen molar-refractivity contribution in [2.24, 2.45) is 0 Å². The van der Waals surface area contributed by atoms with Gasteiger partial charge in [0.1, 0.15) is 23.0 Å². The second kappa shape index (κ2) is 7.82. The number of ether oxygens (including phenoxy) is 2. The van der Waals surface area contributed by atoms with Crippen LogP contribution in [0.5, 0.6) is 5.88 Å². The van der Waals surface area contributed by atoms with Gasteiger partial charge in [0.05, 0.1) is 13.2 Å². The molecule has 26 heavy (non-hydrogen) atoms. The number of aromatic nitrogens is 3. The molecule has 1 fully saturated rings. The van der Waals surface area contributed by atoms with Crippen molar-refractivity contribution in [1.82, 2.24) is 14.5 Å². The van der Waals surface area contributed by atoms with Gasteiger partial charge in [0.25, 0.3) is 0 Å². The second-order valence-electron chi connectivity index (χ2n) is 5.79. The zero-order valence-electron chi connectivity index (χ0n) is 13.7. The van der Waals surface area contributed by atoms with Crippen LogP contribution in [0.4, 0.5) is 5.95 Å². The van der Waals surface area contributed by atoms with Gasteiger partial charge in [-0.05, 0) is 12.8 Å². The molecule has 12 heteroatoms. The molecule has 1 aliphatic rings. The highest BCUT2D eigenvalue weighted by atomic mass is 32.1. The maximum atomic E-state index is 12.5. The van der Waals surface area contributed by atoms with Gasteiger partial charge in [0.2, 0.25) is 11.8 Å². The van der Waals surface area contributed by atoms with Crippen LogP contribution in [-0.4, -0.2) is 73.1 Å². The van der Waals surface area contributed by atoms with E-state index in [1.165, 1.54) is 0 Å². The summed E-state index contributed by atoms with van der Waals surface area (Å²) in [5.41, 5.74) is 5.81. The van der Waals surface area contributed by atoms with Gasteiger partial charge in [-0.25, -0.2) is 0 Å². The van der Waals surface area contributed by atoms with Gasteiger partial charge in [-0.3, -0.25) is 9.36 Å². The fourth-order valence-electron chi connectivity index (χ4n) is 2.71. The third kappa shape index (κ3) is 3.39. The lowest BCUT2D eigenvalue weighted by Crippen LogP contribution is -2.34. The topological polar surface area (TPSA) is 173 Å². The molecule has 0 radical (unpaired) electrons. The maximum absolute atomic E-state index is 12.5. The Kier molecular flexibility index (Phi) is 5.70. The number of nitrogens with zero attached hydrogens (tertiary/aromatic N) is 3. The van der Waals surface area contributed by atoms with Crippen LogP contribution in [0.15, 0.2) is 4.79 Å². The molecule has 11 nitrogen and oxygen atoms in total. The van der Waals surface area contributed by atoms with Crippen molar-refractivity contribution >= 4 is 27.6 Å². The quantitative estimate of drug-likeness (QED) is 0.340. The minimum absolute atomic E-state index is 0.0413. The number of hydrogen-bond acceptors (Lipinski definition) is 11. The first kappa shape index (κ1) is 18.9. The summed E-state index contributed by atoms with van der Waals surface area (Å²) in [6.07, 6.45) is -3.87. The molecule has 2 aromatic rings. The summed E-state index contributed by atoms with van der Waals surface area (Å²) in [6, 6.07) is 0. The Morgan fingerprint density at radius 1 is 1.23 bits per heavy atom. The fraction of sp³-hybridized carbons (Fsp3) is 0.643. The van der Waals surface area contributed by atoms with Gasteiger partial charge >= 0.3 is 4.87 Å². The van der Waals surface area contributed by atoms with Crippen molar-refractivity contribution < 1.29 is 29.9 Å². The summed E-state index contributed by atoms with van der Waals surface area (Å²) in [5, 5.41) is 38.1. The molecule has 0 aromatic carbocycles. The van der Waals surface area contributed by atoms with E-state index in [9.17, 15) is 20.1 Å². The Bertz CT molecular complexity index is 825. The number of anilines is 1. The SMILES string of the molecule is Nc1nc(OCCCCO)c2sc(=O)n([C@@H]3O[C@H](CO)[C@@H](O)[C@H]3O)c2n1. The molecule has 3 rings (SSSR count). The lowest BCUT2D eigenvalue weighted by molar-refractivity contribution is -0.0518. The number of nitrogen functional groups attached to an aromatic ring is 1. The highest BCUT2D eigenvalue weighted by Crippen LogP contribution is 2.34. The highest BCUT2D eigenvalue weighted by Gasteiger charge is 2.45. The molecule has 0 spiro atoms. The van der Waals surface area contributed by atoms with E-state index in [-0.39, 0.29) is 30.7 Å². The summed E-state index contributed by atoms with van der Waals surface area (Å²) in [4.78, 5) is 20.0. The van der Waals surface area contributed by atoms with Crippen LogP contribution in [0.2, 0.25) is 0 Å². The predicted molar refractivity (Wildman–Crippen MR) is 90.9 cm³/mol. The van der Waals surface area contributed by atoms with Crippen LogP contribution >= 0.6 is 11.3 Å². The first-order chi connectivity index (χ1) is 12.5. The third-order valence-corrected chi connectivity index (χ3v) is 4.94. The molecule has 0 bridgehead atoms. The van der Waals surface area contributed by atoms with Crippen molar-refractivity contribution in [3.05, 3.63) is 9.67 Å². The first-order valence-electron chi connectivity index (χ1n) is 8.02. The number of thiazole rings is 1. The zero-order chi connectivity index (χ0) is 18.8. The molecular weight excluding hydrogens is 368 g/mol. The van der Waals surface area contributed by atoms with Crippen LogP contribution in [0, 0.1) is 0 Å². The smallest absolute Gasteiger partial charge is 0.311 e. The molecule has 3 heterocycles. The van der Waals surface area contributed by atoms with Crippen LogP contribution in [0.1, 0.15) is 19.1 Å². The third-order valence-electron chi connectivity index (χ3n) is 4.01. The van der Waals surface area contributed by atoms with Gasteiger partial charge in [0, 0.05) is 6.61 Å². The van der Waals surface area contributed by atoms with Gasteiger partial charge in [-0.2, -0.15) is 9.97 Å². The lowest BCUT2D eigenvalue weighted by Gasteiger charge is -2.16. The molecule has 144 valence electrons. The van der Waals surface area contributed by atoms with Crippen molar-refractivity contribution in [3.63, 3.8) is 0 Å². The Morgan fingerprint density at radius 3 is 2.65 bits per heavy atom. The van der Waals surface area contributed by atoms with Crippen molar-refractivity contribution in [1.29, 1.82) is 0 Å². The molecule has 0 aliphatic carbocycles. The number of nitrogens with two attached hydrogens (primary N) is 1. The number of aliphatic hydroxyl groups excluding tert-OH is 4. The van der Waals surface area contributed by atoms with E-state index >= 15 is 0 Å². The summed E-state index contributed by atoms with van der Waals surface area (Å²) < 4.78 is 12.4. The maximum Gasteiger partial charge on any atom is 0.311 e. The summed E-state index contributed by atoms with van der Waals surface area (Å²) in [6.45, 7) is -0.201. The Labute approximate surface area is 151 Å². The Morgan fingerprint density at radius 2 is 2.00 bits per heavy atom. The van der Waals surface area contributed by atoms with E-state index in [0.717, 1.165) is 15.9 Å². The zero-order valence-corrected chi connectivity index (χ0v) is 14.5. The Hall–Kier alpha value is -1.83. The summed E-state index contributed by atoms with van der Waals surface area (Å²) >= 11 is 0.794. The van der Waals surface area contributed by atoms with Gasteiger partial charge in [0.15, 0.2) is 11.9 Å². The summed E-state index contributed by atoms with van der Waals surface area (Å²) in [5.74, 6) is -0.00835. The lowest BCUT2D eigenvalue weighted by atomic mass is 10.1. The number of rotatable bonds is 7. The van der Waals surface area contributed by atoms with E-state index in [0.29, 0.717) is 17.5 Å². The van der Waals surface area contributed by atoms with Crippen molar-refractivity contribution in [2.75, 3.05) is 25.6 Å². The minimum atomic E-state index is -1.42. The molecule has 2 aromatic heterocycles. The van der Waals surface area contributed by atoms with E-state index in [4.69, 9.17) is 20.3 Å².